The molecule has 3 amide bonds. The average Bonchev–Trinajstić information content (AvgIpc) is 3.49. The van der Waals surface area contributed by atoms with Gasteiger partial charge in [0.1, 0.15) is 23.2 Å². The highest BCUT2D eigenvalue weighted by molar-refractivity contribution is 8.03. The molecule has 3 aliphatic heterocycles. The predicted octanol–water partition coefficient (Wildman–Crippen LogP) is 2.46. The SMILES string of the molecule is C[C@@H](O)[C@H]1C(=O)N2C(C(=O)O)=C(S[C@H]3C[C@@H](N(C=O)Cc4ccco4)N(C(=O)OC(C)(C)C)C3)[C@H](C)[C@H]12. The van der Waals surface area contributed by atoms with E-state index in [2.05, 4.69) is 0 Å². The van der Waals surface area contributed by atoms with Crippen molar-refractivity contribution in [2.75, 3.05) is 6.54 Å². The Morgan fingerprint density at radius 3 is 2.62 bits per heavy atom. The van der Waals surface area contributed by atoms with Crippen LogP contribution in [0.2, 0.25) is 0 Å². The van der Waals surface area contributed by atoms with Gasteiger partial charge in [0.15, 0.2) is 0 Å². The van der Waals surface area contributed by atoms with Crippen molar-refractivity contribution in [2.45, 2.75) is 76.7 Å². The van der Waals surface area contributed by atoms with Gasteiger partial charge >= 0.3 is 12.1 Å². The van der Waals surface area contributed by atoms with Crippen LogP contribution in [0.5, 0.6) is 0 Å². The molecule has 12 heteroatoms. The largest absolute Gasteiger partial charge is 0.477 e. The van der Waals surface area contributed by atoms with Crippen LogP contribution in [0.1, 0.15) is 46.8 Å². The number of likely N-dealkylation sites (tertiary alicyclic amines) is 1. The zero-order chi connectivity index (χ0) is 27.2. The number of aliphatic carboxylic acids is 1. The molecule has 0 saturated carbocycles. The van der Waals surface area contributed by atoms with Gasteiger partial charge in [-0.05, 0) is 39.8 Å². The van der Waals surface area contributed by atoms with E-state index < -0.39 is 47.8 Å². The molecule has 6 atom stereocenters. The summed E-state index contributed by atoms with van der Waals surface area (Å²) in [6.07, 6.45) is 0.429. The molecule has 0 bridgehead atoms. The molecule has 2 N–H and O–H groups in total. The van der Waals surface area contributed by atoms with Crippen LogP contribution < -0.4 is 0 Å². The second-order valence-corrected chi connectivity index (χ2v) is 12.1. The van der Waals surface area contributed by atoms with E-state index in [-0.39, 0.29) is 30.0 Å². The Kier molecular flexibility index (Phi) is 7.35. The fourth-order valence-corrected chi connectivity index (χ4v) is 6.86. The molecule has 2 fully saturated rings. The van der Waals surface area contributed by atoms with Crippen molar-refractivity contribution in [2.24, 2.45) is 11.8 Å². The highest BCUT2D eigenvalue weighted by atomic mass is 32.2. The first-order valence-electron chi connectivity index (χ1n) is 12.2. The second-order valence-electron chi connectivity index (χ2n) is 10.7. The number of hydrogen-bond donors (Lipinski definition) is 2. The van der Waals surface area contributed by atoms with Crippen LogP contribution in [0.3, 0.4) is 0 Å². The van der Waals surface area contributed by atoms with Gasteiger partial charge in [0.25, 0.3) is 0 Å². The van der Waals surface area contributed by atoms with Crippen LogP contribution in [0, 0.1) is 11.8 Å². The first-order chi connectivity index (χ1) is 17.3. The summed E-state index contributed by atoms with van der Waals surface area (Å²) < 4.78 is 11.0. The van der Waals surface area contributed by atoms with Crippen LogP contribution in [0.4, 0.5) is 4.79 Å². The van der Waals surface area contributed by atoms with Crippen molar-refractivity contribution in [3.8, 4) is 0 Å². The van der Waals surface area contributed by atoms with Gasteiger partial charge in [-0.1, -0.05) is 6.92 Å². The van der Waals surface area contributed by atoms with Gasteiger partial charge in [0, 0.05) is 29.0 Å². The maximum atomic E-state index is 13.1. The summed E-state index contributed by atoms with van der Waals surface area (Å²) in [7, 11) is 0. The van der Waals surface area contributed by atoms with E-state index in [1.807, 2.05) is 6.92 Å². The molecule has 0 aliphatic carbocycles. The van der Waals surface area contributed by atoms with Crippen LogP contribution in [0.25, 0.3) is 0 Å². The number of carbonyl (C=O) groups is 4. The van der Waals surface area contributed by atoms with Gasteiger partial charge in [0.2, 0.25) is 12.3 Å². The molecular weight excluding hydrogens is 502 g/mol. The van der Waals surface area contributed by atoms with Crippen molar-refractivity contribution in [1.29, 1.82) is 0 Å². The number of aliphatic hydroxyl groups is 1. The Labute approximate surface area is 219 Å². The van der Waals surface area contributed by atoms with Crippen LogP contribution in [0.15, 0.2) is 33.4 Å². The van der Waals surface area contributed by atoms with Crippen molar-refractivity contribution in [1.82, 2.24) is 14.7 Å². The average molecular weight is 536 g/mol. The molecule has 4 heterocycles. The number of rotatable bonds is 8. The maximum absolute atomic E-state index is 13.1. The summed E-state index contributed by atoms with van der Waals surface area (Å²) in [6, 6.07) is 3.02. The van der Waals surface area contributed by atoms with Gasteiger partial charge in [0.05, 0.1) is 30.9 Å². The van der Waals surface area contributed by atoms with Gasteiger partial charge in [-0.3, -0.25) is 14.5 Å². The number of nitrogens with zero attached hydrogens (tertiary/aromatic N) is 3. The highest BCUT2D eigenvalue weighted by Crippen LogP contribution is 2.52. The van der Waals surface area contributed by atoms with E-state index in [1.165, 1.54) is 39.6 Å². The molecule has 0 radical (unpaired) electrons. The molecule has 0 spiro atoms. The number of furan rings is 1. The lowest BCUT2D eigenvalue weighted by molar-refractivity contribution is -0.163. The Morgan fingerprint density at radius 2 is 2.08 bits per heavy atom. The molecule has 2 saturated heterocycles. The Hall–Kier alpha value is -2.99. The van der Waals surface area contributed by atoms with Crippen molar-refractivity contribution >= 4 is 36.1 Å². The van der Waals surface area contributed by atoms with Crippen LogP contribution in [-0.2, 0) is 25.7 Å². The highest BCUT2D eigenvalue weighted by Gasteiger charge is 2.60. The standard InChI is InChI=1S/C25H33N3O8S/c1-13-19-18(14(2)30)22(31)28(19)20(23(32)33)21(13)37-16-9-17(26(12-29)10-15-7-6-8-35-15)27(11-16)24(34)36-25(3,4)5/h6-8,12-14,16-19,30H,9-11H2,1-5H3,(H,32,33)/t13-,14-,16+,17+,18-,19-/m1/s1. The lowest BCUT2D eigenvalue weighted by atomic mass is 9.79. The Balaban J connectivity index is 1.60. The molecule has 4 rings (SSSR count). The molecule has 202 valence electrons. The van der Waals surface area contributed by atoms with E-state index in [0.717, 1.165) is 0 Å². The van der Waals surface area contributed by atoms with Gasteiger partial charge in [-0.15, -0.1) is 11.8 Å². The number of fused-ring (bicyclic) bond motifs is 1. The van der Waals surface area contributed by atoms with E-state index in [0.29, 0.717) is 23.5 Å². The maximum Gasteiger partial charge on any atom is 0.411 e. The molecule has 3 aliphatic rings. The fourth-order valence-electron chi connectivity index (χ4n) is 5.35. The second kappa shape index (κ2) is 10.1. The number of carboxylic acid groups (broad SMARTS) is 1. The zero-order valence-electron chi connectivity index (χ0n) is 21.5. The molecule has 0 unspecified atom stereocenters. The van der Waals surface area contributed by atoms with Gasteiger partial charge in [-0.25, -0.2) is 9.59 Å². The lowest BCUT2D eigenvalue weighted by Gasteiger charge is -2.46. The molecule has 37 heavy (non-hydrogen) atoms. The summed E-state index contributed by atoms with van der Waals surface area (Å²) >= 11 is 1.31. The zero-order valence-corrected chi connectivity index (χ0v) is 22.3. The minimum atomic E-state index is -1.21. The molecular formula is C25H33N3O8S. The lowest BCUT2D eigenvalue weighted by Crippen LogP contribution is -2.63. The van der Waals surface area contributed by atoms with E-state index in [1.54, 1.807) is 32.9 Å². The first kappa shape index (κ1) is 27.1. The van der Waals surface area contributed by atoms with Gasteiger partial charge in [-0.2, -0.15) is 0 Å². The Morgan fingerprint density at radius 1 is 1.38 bits per heavy atom. The van der Waals surface area contributed by atoms with Crippen LogP contribution >= 0.6 is 11.8 Å². The number of carbonyl (C=O) groups excluding carboxylic acids is 3. The first-order valence-corrected chi connectivity index (χ1v) is 13.1. The third kappa shape index (κ3) is 5.08. The molecule has 1 aromatic heterocycles. The normalized spacial score (nSPS) is 28.2. The number of hydrogen-bond acceptors (Lipinski definition) is 8. The van der Waals surface area contributed by atoms with Crippen LogP contribution in [-0.4, -0.2) is 85.0 Å². The molecule has 1 aromatic rings. The number of ether oxygens (including phenoxy) is 1. The monoisotopic (exact) mass is 535 g/mol. The van der Waals surface area contributed by atoms with E-state index in [9.17, 15) is 29.4 Å². The third-order valence-corrected chi connectivity index (χ3v) is 8.40. The van der Waals surface area contributed by atoms with E-state index >= 15 is 0 Å². The fraction of sp³-hybridized carbons (Fsp3) is 0.600. The Bertz CT molecular complexity index is 1100. The summed E-state index contributed by atoms with van der Waals surface area (Å²) in [5.41, 5.74) is -0.818. The summed E-state index contributed by atoms with van der Waals surface area (Å²) in [5, 5.41) is 19.8. The minimum absolute atomic E-state index is 0.0699. The summed E-state index contributed by atoms with van der Waals surface area (Å²) in [4.78, 5) is 54.8. The van der Waals surface area contributed by atoms with Crippen molar-refractivity contribution in [3.05, 3.63) is 34.8 Å². The number of aliphatic hydroxyl groups excluding tert-OH is 1. The quantitative estimate of drug-likeness (QED) is 0.379. The topological polar surface area (TPSA) is 141 Å². The van der Waals surface area contributed by atoms with Crippen molar-refractivity contribution in [3.63, 3.8) is 0 Å². The van der Waals surface area contributed by atoms with E-state index in [4.69, 9.17) is 9.15 Å². The third-order valence-electron chi connectivity index (χ3n) is 6.90. The predicted molar refractivity (Wildman–Crippen MR) is 133 cm³/mol. The minimum Gasteiger partial charge on any atom is -0.477 e. The molecule has 11 nitrogen and oxygen atoms in total. The van der Waals surface area contributed by atoms with Crippen molar-refractivity contribution < 1.29 is 38.5 Å². The number of carboxylic acids is 1. The molecule has 0 aromatic carbocycles. The number of amides is 3. The number of β-lactam (4-membered cyclic amide) rings is 1. The smallest absolute Gasteiger partial charge is 0.411 e. The number of thioether (sulfide) groups is 1. The summed E-state index contributed by atoms with van der Waals surface area (Å²) in [5.74, 6) is -2.01. The summed E-state index contributed by atoms with van der Waals surface area (Å²) in [6.45, 7) is 9.02. The van der Waals surface area contributed by atoms with Gasteiger partial charge < -0.3 is 29.2 Å².